The molecule has 0 spiro atoms. The molecule has 28 heavy (non-hydrogen) atoms. The summed E-state index contributed by atoms with van der Waals surface area (Å²) in [5, 5.41) is 1.85. The van der Waals surface area contributed by atoms with Gasteiger partial charge in [-0.15, -0.1) is 0 Å². The quantitative estimate of drug-likeness (QED) is 0.743. The lowest BCUT2D eigenvalue weighted by molar-refractivity contribution is 0.0172. The number of ether oxygens (including phenoxy) is 1. The predicted octanol–water partition coefficient (Wildman–Crippen LogP) is 3.61. The average molecular weight is 421 g/mol. The van der Waals surface area contributed by atoms with Crippen LogP contribution in [0.2, 0.25) is 5.02 Å². The predicted molar refractivity (Wildman–Crippen MR) is 114 cm³/mol. The summed E-state index contributed by atoms with van der Waals surface area (Å²) in [6, 6.07) is 15.1. The van der Waals surface area contributed by atoms with E-state index in [4.69, 9.17) is 16.3 Å². The number of sulfonamides is 1. The second-order valence-electron chi connectivity index (χ2n) is 6.83. The van der Waals surface area contributed by atoms with E-state index in [-0.39, 0.29) is 12.6 Å². The SMILES string of the molecule is Cc1ccc(/C=C/S(=O)(=O)NCC(c2cccc(Cl)c2)N2CCOCC2)cc1. The van der Waals surface area contributed by atoms with Gasteiger partial charge in [-0.3, -0.25) is 4.90 Å². The van der Waals surface area contributed by atoms with Gasteiger partial charge in [-0.1, -0.05) is 53.6 Å². The summed E-state index contributed by atoms with van der Waals surface area (Å²) in [6.07, 6.45) is 1.60. The molecule has 1 heterocycles. The Morgan fingerprint density at radius 2 is 1.89 bits per heavy atom. The van der Waals surface area contributed by atoms with Gasteiger partial charge in [0.05, 0.1) is 13.2 Å². The van der Waals surface area contributed by atoms with Gasteiger partial charge in [-0.25, -0.2) is 13.1 Å². The molecule has 5 nitrogen and oxygen atoms in total. The molecule has 2 aromatic rings. The fourth-order valence-corrected chi connectivity index (χ4v) is 4.17. The van der Waals surface area contributed by atoms with Gasteiger partial charge < -0.3 is 4.74 Å². The summed E-state index contributed by atoms with van der Waals surface area (Å²) in [5.41, 5.74) is 2.96. The number of morpholine rings is 1. The lowest BCUT2D eigenvalue weighted by Crippen LogP contribution is -2.43. The number of rotatable bonds is 7. The molecule has 1 aliphatic rings. The van der Waals surface area contributed by atoms with Crippen LogP contribution in [0.1, 0.15) is 22.7 Å². The maximum Gasteiger partial charge on any atom is 0.233 e. The van der Waals surface area contributed by atoms with E-state index in [1.807, 2.05) is 55.5 Å². The molecule has 1 fully saturated rings. The largest absolute Gasteiger partial charge is 0.379 e. The maximum atomic E-state index is 12.5. The number of benzene rings is 2. The standard InChI is InChI=1S/C21H25ClN2O3S/c1-17-5-7-18(8-6-17)9-14-28(25,26)23-16-21(24-10-12-27-13-11-24)19-3-2-4-20(22)15-19/h2-9,14-15,21,23H,10-13,16H2,1H3/b14-9+. The minimum atomic E-state index is -3.56. The van der Waals surface area contributed by atoms with Crippen LogP contribution in [0.15, 0.2) is 53.9 Å². The number of hydrogen-bond donors (Lipinski definition) is 1. The third-order valence-corrected chi connectivity index (χ3v) is 6.01. The van der Waals surface area contributed by atoms with Crippen molar-refractivity contribution in [3.63, 3.8) is 0 Å². The Hall–Kier alpha value is -1.70. The molecule has 0 bridgehead atoms. The summed E-state index contributed by atoms with van der Waals surface area (Å²) in [7, 11) is -3.56. The molecule has 1 atom stereocenters. The van der Waals surface area contributed by atoms with E-state index in [1.165, 1.54) is 5.41 Å². The molecule has 150 valence electrons. The van der Waals surface area contributed by atoms with E-state index in [9.17, 15) is 8.42 Å². The Bertz CT molecular complexity index is 908. The minimum Gasteiger partial charge on any atom is -0.379 e. The van der Waals surface area contributed by atoms with Gasteiger partial charge >= 0.3 is 0 Å². The Morgan fingerprint density at radius 1 is 1.18 bits per heavy atom. The van der Waals surface area contributed by atoms with Crippen LogP contribution in [0.25, 0.3) is 6.08 Å². The molecule has 0 aromatic heterocycles. The number of nitrogens with zero attached hydrogens (tertiary/aromatic N) is 1. The fourth-order valence-electron chi connectivity index (χ4n) is 3.15. The topological polar surface area (TPSA) is 58.6 Å². The highest BCUT2D eigenvalue weighted by atomic mass is 35.5. The molecule has 1 aliphatic heterocycles. The van der Waals surface area contributed by atoms with E-state index in [1.54, 1.807) is 6.08 Å². The lowest BCUT2D eigenvalue weighted by Gasteiger charge is -2.34. The van der Waals surface area contributed by atoms with Crippen molar-refractivity contribution in [3.8, 4) is 0 Å². The number of hydrogen-bond acceptors (Lipinski definition) is 4. The van der Waals surface area contributed by atoms with Gasteiger partial charge in [-0.2, -0.15) is 0 Å². The van der Waals surface area contributed by atoms with Crippen molar-refractivity contribution in [2.24, 2.45) is 0 Å². The molecule has 7 heteroatoms. The summed E-state index contributed by atoms with van der Waals surface area (Å²) in [5.74, 6) is 0. The van der Waals surface area contributed by atoms with Gasteiger partial charge in [-0.05, 0) is 36.3 Å². The van der Waals surface area contributed by atoms with Crippen molar-refractivity contribution < 1.29 is 13.2 Å². The third-order valence-electron chi connectivity index (χ3n) is 4.71. The van der Waals surface area contributed by atoms with Crippen LogP contribution >= 0.6 is 11.6 Å². The van der Waals surface area contributed by atoms with E-state index in [0.717, 1.165) is 29.8 Å². The summed E-state index contributed by atoms with van der Waals surface area (Å²) >= 11 is 6.15. The minimum absolute atomic E-state index is 0.106. The molecule has 3 rings (SSSR count). The molecule has 2 aromatic carbocycles. The maximum absolute atomic E-state index is 12.5. The lowest BCUT2D eigenvalue weighted by atomic mass is 10.1. The highest BCUT2D eigenvalue weighted by molar-refractivity contribution is 7.92. The molecule has 0 saturated carbocycles. The Kier molecular flexibility index (Phi) is 7.26. The van der Waals surface area contributed by atoms with Crippen LogP contribution in [-0.2, 0) is 14.8 Å². The molecule has 1 saturated heterocycles. The molecule has 1 N–H and O–H groups in total. The Balaban J connectivity index is 1.72. The molecule has 1 unspecified atom stereocenters. The molecule has 0 radical (unpaired) electrons. The molecular weight excluding hydrogens is 396 g/mol. The van der Waals surface area contributed by atoms with E-state index in [2.05, 4.69) is 9.62 Å². The molecular formula is C21H25ClN2O3S. The van der Waals surface area contributed by atoms with Gasteiger partial charge in [0.25, 0.3) is 0 Å². The first kappa shape index (κ1) is 21.0. The second-order valence-corrected chi connectivity index (χ2v) is 8.91. The summed E-state index contributed by atoms with van der Waals surface area (Å²) in [4.78, 5) is 2.22. The zero-order valence-electron chi connectivity index (χ0n) is 15.8. The normalized spacial score (nSPS) is 17.1. The Labute approximate surface area is 172 Å². The van der Waals surface area contributed by atoms with Crippen molar-refractivity contribution in [3.05, 3.63) is 75.7 Å². The van der Waals surface area contributed by atoms with Crippen molar-refractivity contribution in [2.45, 2.75) is 13.0 Å². The van der Waals surface area contributed by atoms with Crippen LogP contribution in [0.3, 0.4) is 0 Å². The smallest absolute Gasteiger partial charge is 0.233 e. The van der Waals surface area contributed by atoms with Gasteiger partial charge in [0.2, 0.25) is 10.0 Å². The average Bonchev–Trinajstić information content (AvgIpc) is 2.69. The zero-order chi connectivity index (χ0) is 20.0. The first-order valence-electron chi connectivity index (χ1n) is 9.25. The zero-order valence-corrected chi connectivity index (χ0v) is 17.4. The van der Waals surface area contributed by atoms with Gasteiger partial charge in [0, 0.05) is 36.1 Å². The van der Waals surface area contributed by atoms with E-state index in [0.29, 0.717) is 18.2 Å². The van der Waals surface area contributed by atoms with Gasteiger partial charge in [0.15, 0.2) is 0 Å². The van der Waals surface area contributed by atoms with Crippen LogP contribution in [0.4, 0.5) is 0 Å². The third kappa shape index (κ3) is 6.15. The van der Waals surface area contributed by atoms with Crippen molar-refractivity contribution in [1.82, 2.24) is 9.62 Å². The van der Waals surface area contributed by atoms with Crippen molar-refractivity contribution in [1.29, 1.82) is 0 Å². The monoisotopic (exact) mass is 420 g/mol. The number of nitrogens with one attached hydrogen (secondary N) is 1. The molecule has 0 amide bonds. The number of aryl methyl sites for hydroxylation is 1. The molecule has 0 aliphatic carbocycles. The van der Waals surface area contributed by atoms with Gasteiger partial charge in [0.1, 0.15) is 0 Å². The fraction of sp³-hybridized carbons (Fsp3) is 0.333. The van der Waals surface area contributed by atoms with Crippen LogP contribution in [0, 0.1) is 6.92 Å². The van der Waals surface area contributed by atoms with Crippen molar-refractivity contribution in [2.75, 3.05) is 32.8 Å². The Morgan fingerprint density at radius 3 is 2.57 bits per heavy atom. The highest BCUT2D eigenvalue weighted by Gasteiger charge is 2.24. The second kappa shape index (κ2) is 9.67. The number of halogens is 1. The first-order valence-corrected chi connectivity index (χ1v) is 11.2. The first-order chi connectivity index (χ1) is 13.4. The van der Waals surface area contributed by atoms with Crippen molar-refractivity contribution >= 4 is 27.7 Å². The van der Waals surface area contributed by atoms with Crippen LogP contribution < -0.4 is 4.72 Å². The van der Waals surface area contributed by atoms with Crippen LogP contribution in [0.5, 0.6) is 0 Å². The van der Waals surface area contributed by atoms with E-state index >= 15 is 0 Å². The van der Waals surface area contributed by atoms with E-state index < -0.39 is 10.0 Å². The summed E-state index contributed by atoms with van der Waals surface area (Å²) < 4.78 is 33.1. The van der Waals surface area contributed by atoms with Crippen LogP contribution in [-0.4, -0.2) is 46.2 Å². The highest BCUT2D eigenvalue weighted by Crippen LogP contribution is 2.24. The summed E-state index contributed by atoms with van der Waals surface area (Å²) in [6.45, 7) is 5.03.